The lowest BCUT2D eigenvalue weighted by Crippen LogP contribution is -2.30. The van der Waals surface area contributed by atoms with Gasteiger partial charge in [0.2, 0.25) is 0 Å². The third-order valence-corrected chi connectivity index (χ3v) is 7.45. The monoisotopic (exact) mass is 579 g/mol. The van der Waals surface area contributed by atoms with Gasteiger partial charge in [0.15, 0.2) is 0 Å². The highest BCUT2D eigenvalue weighted by Gasteiger charge is 2.27. The molecule has 0 radical (unpaired) electrons. The Bertz CT molecular complexity index is 630. The van der Waals surface area contributed by atoms with Crippen LogP contribution in [0.2, 0.25) is 0 Å². The number of ether oxygens (including phenoxy) is 1. The van der Waals surface area contributed by atoms with Gasteiger partial charge in [-0.1, -0.05) is 136 Å². The maximum absolute atomic E-state index is 5.41. The lowest BCUT2D eigenvalue weighted by molar-refractivity contribution is -0.0251. The number of thioether (sulfide) groups is 1. The molecule has 0 spiro atoms. The highest BCUT2D eigenvalue weighted by Crippen LogP contribution is 2.32. The Kier molecular flexibility index (Phi) is 41.4. The molecular weight excluding hydrogens is 504 g/mol. The number of hydrogen-bond acceptors (Lipinski definition) is 2. The van der Waals surface area contributed by atoms with Crippen LogP contribution >= 0.6 is 11.8 Å². The summed E-state index contributed by atoms with van der Waals surface area (Å²) in [5.41, 5.74) is 5.59. The Morgan fingerprint density at radius 2 is 1.55 bits per heavy atom. The summed E-state index contributed by atoms with van der Waals surface area (Å²) in [5.74, 6) is 2.82. The van der Waals surface area contributed by atoms with Crippen LogP contribution in [0.4, 0.5) is 0 Å². The highest BCUT2D eigenvalue weighted by atomic mass is 32.2. The molecule has 0 heterocycles. The van der Waals surface area contributed by atoms with Crippen LogP contribution in [0.15, 0.2) is 59.1 Å². The van der Waals surface area contributed by atoms with Gasteiger partial charge in [-0.15, -0.1) is 11.8 Å². The van der Waals surface area contributed by atoms with Gasteiger partial charge in [-0.3, -0.25) is 0 Å². The fourth-order valence-corrected chi connectivity index (χ4v) is 4.53. The van der Waals surface area contributed by atoms with E-state index in [2.05, 4.69) is 93.7 Å². The molecule has 238 valence electrons. The first kappa shape index (κ1) is 46.0. The van der Waals surface area contributed by atoms with E-state index in [1.807, 2.05) is 33.1 Å². The van der Waals surface area contributed by atoms with Crippen molar-refractivity contribution in [3.8, 4) is 0 Å². The molecule has 1 aliphatic carbocycles. The minimum atomic E-state index is 0.611. The summed E-state index contributed by atoms with van der Waals surface area (Å²) in [6.07, 6.45) is 20.0. The van der Waals surface area contributed by atoms with Crippen LogP contribution in [0, 0.1) is 11.8 Å². The molecule has 1 rings (SSSR count). The van der Waals surface area contributed by atoms with Gasteiger partial charge in [-0.05, 0) is 89.5 Å². The van der Waals surface area contributed by atoms with E-state index in [0.29, 0.717) is 6.10 Å². The molecule has 0 unspecified atom stereocenters. The predicted octanol–water partition coefficient (Wildman–Crippen LogP) is 13.9. The van der Waals surface area contributed by atoms with Gasteiger partial charge < -0.3 is 4.74 Å². The molecule has 1 nitrogen and oxygen atoms in total. The Morgan fingerprint density at radius 1 is 0.950 bits per heavy atom. The van der Waals surface area contributed by atoms with Crippen molar-refractivity contribution in [3.05, 3.63) is 59.1 Å². The van der Waals surface area contributed by atoms with Gasteiger partial charge in [-0.2, -0.15) is 0 Å². The molecular formula is C38H74OS. The topological polar surface area (TPSA) is 9.23 Å². The van der Waals surface area contributed by atoms with Crippen LogP contribution in [-0.4, -0.2) is 18.5 Å². The summed E-state index contributed by atoms with van der Waals surface area (Å²) in [5, 5.41) is 1.89. The summed E-state index contributed by atoms with van der Waals surface area (Å²) >= 11 is 1.74. The standard InChI is InChI=1S/C16H28S.C10H18.C8H16O.2C2H6/c1-6-8-9-14(3)10-11-15(4)16(5)12-13-17-7-2;1-5-7-10(8-6-2)9(3)4;1-3-7-5-8(6-7)9-4-2;2*1-2/h7,12,14H,2,4,6,8-11,13H2,1,3,5H3;5,7H,6,8H2,1-4H3;7-8H,3-6H2,1-2H3;2*1-2H3/t14-;;;;/m0..../s1. The summed E-state index contributed by atoms with van der Waals surface area (Å²) in [6, 6.07) is 0. The fraction of sp³-hybridized carbons (Fsp3) is 0.737. The largest absolute Gasteiger partial charge is 0.378 e. The average molecular weight is 579 g/mol. The summed E-state index contributed by atoms with van der Waals surface area (Å²) in [6.45, 7) is 36.5. The predicted molar refractivity (Wildman–Crippen MR) is 193 cm³/mol. The maximum atomic E-state index is 5.41. The van der Waals surface area contributed by atoms with Gasteiger partial charge in [0.1, 0.15) is 0 Å². The van der Waals surface area contributed by atoms with Gasteiger partial charge in [0.05, 0.1) is 6.10 Å². The Morgan fingerprint density at radius 3 is 1.98 bits per heavy atom. The normalized spacial score (nSPS) is 16.3. The minimum absolute atomic E-state index is 0.611. The van der Waals surface area contributed by atoms with E-state index in [4.69, 9.17) is 4.74 Å². The van der Waals surface area contributed by atoms with Gasteiger partial charge in [0, 0.05) is 12.4 Å². The molecule has 1 saturated carbocycles. The summed E-state index contributed by atoms with van der Waals surface area (Å²) in [4.78, 5) is 0. The number of hydrogen-bond donors (Lipinski definition) is 0. The molecule has 0 amide bonds. The van der Waals surface area contributed by atoms with Gasteiger partial charge in [-0.25, -0.2) is 0 Å². The van der Waals surface area contributed by atoms with E-state index < -0.39 is 0 Å². The van der Waals surface area contributed by atoms with Crippen molar-refractivity contribution < 1.29 is 4.74 Å². The molecule has 2 heteroatoms. The lowest BCUT2D eigenvalue weighted by Gasteiger charge is -2.34. The number of unbranched alkanes of at least 4 members (excludes halogenated alkanes) is 1. The van der Waals surface area contributed by atoms with Crippen molar-refractivity contribution in [2.75, 3.05) is 12.4 Å². The molecule has 0 aromatic carbocycles. The Hall–Kier alpha value is -0.990. The maximum Gasteiger partial charge on any atom is 0.0580 e. The van der Waals surface area contributed by atoms with Crippen LogP contribution in [0.5, 0.6) is 0 Å². The lowest BCUT2D eigenvalue weighted by atomic mass is 9.81. The third-order valence-electron chi connectivity index (χ3n) is 6.85. The second kappa shape index (κ2) is 36.0. The summed E-state index contributed by atoms with van der Waals surface area (Å²) in [7, 11) is 0. The van der Waals surface area contributed by atoms with Gasteiger partial charge in [0.25, 0.3) is 0 Å². The Labute approximate surface area is 259 Å². The van der Waals surface area contributed by atoms with Crippen molar-refractivity contribution >= 4 is 11.8 Å². The average Bonchev–Trinajstić information content (AvgIpc) is 2.95. The molecule has 0 bridgehead atoms. The van der Waals surface area contributed by atoms with Crippen molar-refractivity contribution in [2.24, 2.45) is 11.8 Å². The first-order valence-corrected chi connectivity index (χ1v) is 17.7. The van der Waals surface area contributed by atoms with Crippen LogP contribution < -0.4 is 0 Å². The van der Waals surface area contributed by atoms with E-state index in [9.17, 15) is 0 Å². The van der Waals surface area contributed by atoms with Crippen molar-refractivity contribution in [3.63, 3.8) is 0 Å². The zero-order chi connectivity index (χ0) is 31.8. The van der Waals surface area contributed by atoms with Gasteiger partial charge >= 0.3 is 0 Å². The first-order chi connectivity index (χ1) is 19.2. The SMILES string of the molecule is C=CSCC=C(C)C(=C)CC[C@@H](C)CCCC.CC.CC.CC=CC(CCC)=C(C)C.CCOC1CC(CC)C1. The van der Waals surface area contributed by atoms with Crippen LogP contribution in [0.1, 0.15) is 154 Å². The van der Waals surface area contributed by atoms with Crippen LogP contribution in [0.25, 0.3) is 0 Å². The van der Waals surface area contributed by atoms with E-state index in [-0.39, 0.29) is 0 Å². The van der Waals surface area contributed by atoms with Crippen molar-refractivity contribution in [2.45, 2.75) is 160 Å². The fourth-order valence-electron chi connectivity index (χ4n) is 4.05. The van der Waals surface area contributed by atoms with Crippen molar-refractivity contribution in [1.29, 1.82) is 0 Å². The number of rotatable bonds is 16. The zero-order valence-electron chi connectivity index (χ0n) is 29.8. The first-order valence-electron chi connectivity index (χ1n) is 16.7. The highest BCUT2D eigenvalue weighted by molar-refractivity contribution is 8.02. The Balaban J connectivity index is -0.000000241. The van der Waals surface area contributed by atoms with E-state index in [1.165, 1.54) is 80.1 Å². The van der Waals surface area contributed by atoms with Crippen molar-refractivity contribution in [1.82, 2.24) is 0 Å². The number of allylic oxidation sites excluding steroid dienone is 6. The molecule has 0 aromatic heterocycles. The molecule has 0 aromatic rings. The molecule has 0 saturated heterocycles. The second-order valence-corrected chi connectivity index (χ2v) is 11.4. The molecule has 1 aliphatic rings. The summed E-state index contributed by atoms with van der Waals surface area (Å²) < 4.78 is 5.41. The molecule has 1 fully saturated rings. The van der Waals surface area contributed by atoms with Crippen LogP contribution in [-0.2, 0) is 4.74 Å². The quantitative estimate of drug-likeness (QED) is 0.133. The smallest absolute Gasteiger partial charge is 0.0580 e. The second-order valence-electron chi connectivity index (χ2n) is 10.4. The molecule has 40 heavy (non-hydrogen) atoms. The van der Waals surface area contributed by atoms with E-state index >= 15 is 0 Å². The third kappa shape index (κ3) is 30.0. The molecule has 0 N–H and O–H groups in total. The molecule has 0 aliphatic heterocycles. The van der Waals surface area contributed by atoms with Crippen LogP contribution in [0.3, 0.4) is 0 Å². The zero-order valence-corrected chi connectivity index (χ0v) is 30.6. The van der Waals surface area contributed by atoms with E-state index in [1.54, 1.807) is 11.8 Å². The molecule has 1 atom stereocenters. The van der Waals surface area contributed by atoms with E-state index in [0.717, 1.165) is 30.6 Å². The minimum Gasteiger partial charge on any atom is -0.378 e.